The van der Waals surface area contributed by atoms with E-state index in [4.69, 9.17) is 0 Å². The van der Waals surface area contributed by atoms with E-state index in [9.17, 15) is 4.79 Å². The highest BCUT2D eigenvalue weighted by Gasteiger charge is 2.38. The normalized spacial score (nSPS) is 26.5. The number of fused-ring (bicyclic) bond motifs is 2. The van der Waals surface area contributed by atoms with Crippen LogP contribution in [0.25, 0.3) is 11.3 Å². The molecular weight excluding hydrogens is 300 g/mol. The van der Waals surface area contributed by atoms with Crippen LogP contribution in [0.15, 0.2) is 30.3 Å². The fourth-order valence-electron chi connectivity index (χ4n) is 4.10. The van der Waals surface area contributed by atoms with E-state index < -0.39 is 0 Å². The van der Waals surface area contributed by atoms with E-state index in [1.165, 1.54) is 18.4 Å². The van der Waals surface area contributed by atoms with Crippen molar-refractivity contribution in [1.82, 2.24) is 20.4 Å². The molecule has 2 bridgehead atoms. The van der Waals surface area contributed by atoms with E-state index >= 15 is 0 Å². The van der Waals surface area contributed by atoms with Crippen LogP contribution in [-0.4, -0.2) is 46.2 Å². The molecule has 2 aliphatic rings. The van der Waals surface area contributed by atoms with Crippen LogP contribution in [0.5, 0.6) is 0 Å². The Morgan fingerprint density at radius 1 is 1.21 bits per heavy atom. The molecule has 1 amide bonds. The van der Waals surface area contributed by atoms with E-state index in [-0.39, 0.29) is 11.9 Å². The highest BCUT2D eigenvalue weighted by atomic mass is 16.2. The van der Waals surface area contributed by atoms with Gasteiger partial charge in [0.1, 0.15) is 5.69 Å². The summed E-state index contributed by atoms with van der Waals surface area (Å²) < 4.78 is 0. The molecule has 1 aromatic carbocycles. The molecule has 3 heterocycles. The summed E-state index contributed by atoms with van der Waals surface area (Å²) in [7, 11) is 2.21. The molecule has 1 aromatic heterocycles. The molecule has 24 heavy (non-hydrogen) atoms. The summed E-state index contributed by atoms with van der Waals surface area (Å²) >= 11 is 0. The maximum Gasteiger partial charge on any atom is 0.269 e. The number of nitrogens with one attached hydrogen (secondary N) is 2. The molecule has 5 nitrogen and oxygen atoms in total. The van der Waals surface area contributed by atoms with Crippen LogP contribution in [0, 0.1) is 6.92 Å². The summed E-state index contributed by atoms with van der Waals surface area (Å²) in [6.45, 7) is 2.06. The Hall–Kier alpha value is -2.14. The van der Waals surface area contributed by atoms with Crippen LogP contribution in [0.2, 0.25) is 0 Å². The van der Waals surface area contributed by atoms with Gasteiger partial charge in [0.05, 0.1) is 5.69 Å². The molecule has 2 saturated heterocycles. The summed E-state index contributed by atoms with van der Waals surface area (Å²) in [5.41, 5.74) is 3.58. The third-order valence-electron chi connectivity index (χ3n) is 5.60. The molecule has 0 radical (unpaired) electrons. The predicted octanol–water partition coefficient (Wildman–Crippen LogP) is 2.74. The third-order valence-corrected chi connectivity index (χ3v) is 5.60. The second-order valence-electron chi connectivity index (χ2n) is 7.23. The summed E-state index contributed by atoms with van der Waals surface area (Å²) in [4.78, 5) is 15.0. The highest BCUT2D eigenvalue weighted by Crippen LogP contribution is 2.34. The Balaban J connectivity index is 1.43. The number of aromatic nitrogens is 2. The molecule has 2 aliphatic heterocycles. The Morgan fingerprint density at radius 3 is 2.54 bits per heavy atom. The Labute approximate surface area is 142 Å². The molecule has 2 fully saturated rings. The molecular formula is C19H24N4O. The number of amides is 1. The van der Waals surface area contributed by atoms with Crippen LogP contribution in [0.1, 0.15) is 41.7 Å². The van der Waals surface area contributed by atoms with E-state index in [1.54, 1.807) is 0 Å². The first-order chi connectivity index (χ1) is 11.6. The lowest BCUT2D eigenvalue weighted by Gasteiger charge is -2.36. The van der Waals surface area contributed by atoms with Crippen molar-refractivity contribution >= 4 is 5.91 Å². The number of rotatable bonds is 3. The van der Waals surface area contributed by atoms with Crippen LogP contribution >= 0.6 is 0 Å². The average Bonchev–Trinajstić information content (AvgIpc) is 3.12. The molecule has 2 atom stereocenters. The lowest BCUT2D eigenvalue weighted by atomic mass is 9.98. The molecule has 2 aromatic rings. The molecule has 2 N–H and O–H groups in total. The van der Waals surface area contributed by atoms with Gasteiger partial charge in [-0.3, -0.25) is 9.89 Å². The number of piperidine rings is 1. The van der Waals surface area contributed by atoms with E-state index in [0.717, 1.165) is 24.1 Å². The lowest BCUT2D eigenvalue weighted by Crippen LogP contribution is -2.48. The van der Waals surface area contributed by atoms with Gasteiger partial charge in [-0.15, -0.1) is 0 Å². The van der Waals surface area contributed by atoms with E-state index in [0.29, 0.717) is 17.8 Å². The van der Waals surface area contributed by atoms with Gasteiger partial charge >= 0.3 is 0 Å². The molecule has 0 aliphatic carbocycles. The van der Waals surface area contributed by atoms with E-state index in [1.807, 2.05) is 18.2 Å². The van der Waals surface area contributed by atoms with Crippen molar-refractivity contribution in [3.8, 4) is 11.3 Å². The maximum absolute atomic E-state index is 12.5. The van der Waals surface area contributed by atoms with Crippen molar-refractivity contribution in [3.63, 3.8) is 0 Å². The first-order valence-corrected chi connectivity index (χ1v) is 8.75. The van der Waals surface area contributed by atoms with Gasteiger partial charge in [0.25, 0.3) is 5.91 Å². The van der Waals surface area contributed by atoms with Crippen molar-refractivity contribution in [2.75, 3.05) is 7.05 Å². The minimum atomic E-state index is -0.0465. The van der Waals surface area contributed by atoms with Gasteiger partial charge < -0.3 is 10.2 Å². The number of benzene rings is 1. The Morgan fingerprint density at radius 2 is 1.88 bits per heavy atom. The second-order valence-corrected chi connectivity index (χ2v) is 7.23. The second kappa shape index (κ2) is 6.06. The van der Waals surface area contributed by atoms with Crippen LogP contribution in [0.3, 0.4) is 0 Å². The summed E-state index contributed by atoms with van der Waals surface area (Å²) in [6.07, 6.45) is 4.62. The zero-order valence-electron chi connectivity index (χ0n) is 14.2. The summed E-state index contributed by atoms with van der Waals surface area (Å²) in [5.74, 6) is -0.0465. The monoisotopic (exact) mass is 324 g/mol. The number of H-pyrrole nitrogens is 1. The minimum Gasteiger partial charge on any atom is -0.348 e. The number of carbonyl (C=O) groups is 1. The van der Waals surface area contributed by atoms with Crippen LogP contribution in [-0.2, 0) is 0 Å². The number of hydrogen-bond acceptors (Lipinski definition) is 3. The molecule has 5 heteroatoms. The molecule has 0 spiro atoms. The smallest absolute Gasteiger partial charge is 0.269 e. The van der Waals surface area contributed by atoms with Crippen molar-refractivity contribution in [3.05, 3.63) is 41.6 Å². The van der Waals surface area contributed by atoms with Gasteiger partial charge in [0.2, 0.25) is 0 Å². The fourth-order valence-corrected chi connectivity index (χ4v) is 4.10. The zero-order valence-corrected chi connectivity index (χ0v) is 14.2. The lowest BCUT2D eigenvalue weighted by molar-refractivity contribution is 0.0877. The first kappa shape index (κ1) is 15.4. The fraction of sp³-hybridized carbons (Fsp3) is 0.474. The number of aryl methyl sites for hydroxylation is 1. The third kappa shape index (κ3) is 2.84. The van der Waals surface area contributed by atoms with Crippen molar-refractivity contribution in [2.24, 2.45) is 0 Å². The van der Waals surface area contributed by atoms with Gasteiger partial charge in [-0.25, -0.2) is 0 Å². The largest absolute Gasteiger partial charge is 0.348 e. The van der Waals surface area contributed by atoms with Gasteiger partial charge in [-0.2, -0.15) is 5.10 Å². The Bertz CT molecular complexity index is 722. The highest BCUT2D eigenvalue weighted by molar-refractivity contribution is 5.93. The average molecular weight is 324 g/mol. The van der Waals surface area contributed by atoms with Crippen molar-refractivity contribution < 1.29 is 4.79 Å². The minimum absolute atomic E-state index is 0.0465. The maximum atomic E-state index is 12.5. The van der Waals surface area contributed by atoms with Crippen molar-refractivity contribution in [2.45, 2.75) is 50.7 Å². The molecule has 2 unspecified atom stereocenters. The molecule has 0 saturated carbocycles. The van der Waals surface area contributed by atoms with Crippen molar-refractivity contribution in [1.29, 1.82) is 0 Å². The van der Waals surface area contributed by atoms with Gasteiger partial charge in [-0.1, -0.05) is 29.8 Å². The standard InChI is InChI=1S/C19H24N4O/c1-12-3-5-13(6-4-12)17-11-18(22-21-17)19(24)20-14-9-15-7-8-16(10-14)23(15)2/h3-6,11,14-16H,7-10H2,1-2H3,(H,20,24)(H,21,22). The topological polar surface area (TPSA) is 61.0 Å². The summed E-state index contributed by atoms with van der Waals surface area (Å²) in [6, 6.07) is 11.5. The molecule has 4 rings (SSSR count). The predicted molar refractivity (Wildman–Crippen MR) is 93.8 cm³/mol. The SMILES string of the molecule is Cc1ccc(-c2cc(C(=O)NC3CC4CCC(C3)N4C)[nH]n2)cc1. The quantitative estimate of drug-likeness (QED) is 0.912. The van der Waals surface area contributed by atoms with Gasteiger partial charge in [0, 0.05) is 23.7 Å². The molecule has 126 valence electrons. The van der Waals surface area contributed by atoms with Crippen LogP contribution in [0.4, 0.5) is 0 Å². The Kier molecular flexibility index (Phi) is 3.88. The first-order valence-electron chi connectivity index (χ1n) is 8.75. The number of nitrogens with zero attached hydrogens (tertiary/aromatic N) is 2. The number of hydrogen-bond donors (Lipinski definition) is 2. The van der Waals surface area contributed by atoms with Crippen LogP contribution < -0.4 is 5.32 Å². The van der Waals surface area contributed by atoms with E-state index in [2.05, 4.69) is 46.5 Å². The number of carbonyl (C=O) groups excluding carboxylic acids is 1. The summed E-state index contributed by atoms with van der Waals surface area (Å²) in [5, 5.41) is 10.4. The van der Waals surface area contributed by atoms with Gasteiger partial charge in [-0.05, 0) is 45.7 Å². The van der Waals surface area contributed by atoms with Gasteiger partial charge in [0.15, 0.2) is 0 Å². The number of aromatic amines is 1. The zero-order chi connectivity index (χ0) is 16.7.